The van der Waals surface area contributed by atoms with Gasteiger partial charge in [0, 0.05) is 18.1 Å². The minimum atomic E-state index is 0.884. The quantitative estimate of drug-likeness (QED) is 0.664. The predicted molar refractivity (Wildman–Crippen MR) is 64.6 cm³/mol. The van der Waals surface area contributed by atoms with E-state index in [0.717, 1.165) is 5.69 Å². The van der Waals surface area contributed by atoms with Gasteiger partial charge in [0.1, 0.15) is 0 Å². The summed E-state index contributed by atoms with van der Waals surface area (Å²) in [6, 6.07) is 11.7. The molecule has 2 heteroatoms. The van der Waals surface area contributed by atoms with Gasteiger partial charge in [0.25, 0.3) is 0 Å². The molecule has 0 aliphatic carbocycles. The van der Waals surface area contributed by atoms with E-state index in [9.17, 15) is 0 Å². The first kappa shape index (κ1) is 11.2. The maximum Gasteiger partial charge on any atom is 0.0346 e. The minimum Gasteiger partial charge on any atom is -0.399 e. The molecule has 2 N–H and O–H groups in total. The fourth-order valence-electron chi connectivity index (χ4n) is 1.09. The molecule has 2 nitrogen and oxygen atoms in total. The second kappa shape index (κ2) is 5.81. The smallest absolute Gasteiger partial charge is 0.0346 e. The summed E-state index contributed by atoms with van der Waals surface area (Å²) in [5, 5.41) is 0. The molecule has 0 fully saturated rings. The predicted octanol–water partition coefficient (Wildman–Crippen LogP) is 2.97. The Morgan fingerprint density at radius 1 is 0.933 bits per heavy atom. The summed E-state index contributed by atoms with van der Waals surface area (Å²) >= 11 is 0. The van der Waals surface area contributed by atoms with Crippen LogP contribution in [0.25, 0.3) is 0 Å². The van der Waals surface area contributed by atoms with Gasteiger partial charge in [-0.3, -0.25) is 4.98 Å². The molecule has 0 aliphatic rings. The maximum atomic E-state index is 5.62. The Morgan fingerprint density at radius 3 is 1.93 bits per heavy atom. The fourth-order valence-corrected chi connectivity index (χ4v) is 1.09. The third-order valence-corrected chi connectivity index (χ3v) is 2.21. The summed E-state index contributed by atoms with van der Waals surface area (Å²) in [5.74, 6) is 0. The first-order valence-corrected chi connectivity index (χ1v) is 4.88. The molecule has 78 valence electrons. The van der Waals surface area contributed by atoms with Crippen molar-refractivity contribution in [3.05, 3.63) is 59.9 Å². The van der Waals surface area contributed by atoms with Crippen LogP contribution in [0, 0.1) is 13.8 Å². The third kappa shape index (κ3) is 3.81. The van der Waals surface area contributed by atoms with Gasteiger partial charge in [-0.1, -0.05) is 18.2 Å². The van der Waals surface area contributed by atoms with Crippen molar-refractivity contribution in [2.75, 3.05) is 5.73 Å². The molecule has 0 unspecified atom stereocenters. The van der Waals surface area contributed by atoms with E-state index in [4.69, 9.17) is 5.73 Å². The van der Waals surface area contributed by atoms with E-state index < -0.39 is 0 Å². The molecule has 0 saturated heterocycles. The zero-order valence-corrected chi connectivity index (χ0v) is 9.14. The van der Waals surface area contributed by atoms with Crippen LogP contribution < -0.4 is 5.73 Å². The third-order valence-electron chi connectivity index (χ3n) is 2.21. The van der Waals surface area contributed by atoms with Gasteiger partial charge in [-0.25, -0.2) is 0 Å². The highest BCUT2D eigenvalue weighted by atomic mass is 14.6. The zero-order valence-electron chi connectivity index (χ0n) is 9.14. The van der Waals surface area contributed by atoms with E-state index in [1.54, 1.807) is 12.4 Å². The average Bonchev–Trinajstić information content (AvgIpc) is 2.29. The molecule has 1 aromatic heterocycles. The van der Waals surface area contributed by atoms with E-state index in [2.05, 4.69) is 18.0 Å². The number of nitrogens with zero attached hydrogens (tertiary/aromatic N) is 1. The Bertz CT molecular complexity index is 350. The van der Waals surface area contributed by atoms with Gasteiger partial charge in [0.15, 0.2) is 0 Å². The van der Waals surface area contributed by atoms with Gasteiger partial charge in [-0.2, -0.15) is 0 Å². The molecule has 1 heterocycles. The van der Waals surface area contributed by atoms with Gasteiger partial charge in [0.2, 0.25) is 0 Å². The molecule has 1 aromatic carbocycles. The van der Waals surface area contributed by atoms with Crippen molar-refractivity contribution >= 4 is 5.69 Å². The van der Waals surface area contributed by atoms with Crippen LogP contribution in [0.4, 0.5) is 5.69 Å². The number of benzene rings is 1. The summed E-state index contributed by atoms with van der Waals surface area (Å²) in [6.07, 6.45) is 3.50. The molecule has 0 radical (unpaired) electrons. The van der Waals surface area contributed by atoms with Gasteiger partial charge in [0.05, 0.1) is 0 Å². The Labute approximate surface area is 90.8 Å². The normalized spacial score (nSPS) is 8.93. The van der Waals surface area contributed by atoms with Crippen LogP contribution in [0.15, 0.2) is 48.8 Å². The number of aromatic nitrogens is 1. The molecular formula is C13H16N2. The largest absolute Gasteiger partial charge is 0.399 e. The highest BCUT2D eigenvalue weighted by molar-refractivity contribution is 5.49. The number of aryl methyl sites for hydroxylation is 1. The van der Waals surface area contributed by atoms with Crippen molar-refractivity contribution in [2.24, 2.45) is 0 Å². The lowest BCUT2D eigenvalue weighted by Gasteiger charge is -2.00. The maximum absolute atomic E-state index is 5.62. The van der Waals surface area contributed by atoms with Crippen molar-refractivity contribution in [3.8, 4) is 0 Å². The van der Waals surface area contributed by atoms with Gasteiger partial charge in [-0.05, 0) is 43.2 Å². The summed E-state index contributed by atoms with van der Waals surface area (Å²) in [4.78, 5) is 3.78. The molecular weight excluding hydrogens is 184 g/mol. The molecule has 0 spiro atoms. The highest BCUT2D eigenvalue weighted by Gasteiger charge is 1.92. The number of nitrogens with two attached hydrogens (primary N) is 1. The lowest BCUT2D eigenvalue weighted by atomic mass is 10.1. The van der Waals surface area contributed by atoms with Crippen LogP contribution in [0.3, 0.4) is 0 Å². The van der Waals surface area contributed by atoms with Crippen LogP contribution in [0.1, 0.15) is 11.1 Å². The Hall–Kier alpha value is -1.83. The van der Waals surface area contributed by atoms with Crippen molar-refractivity contribution in [2.45, 2.75) is 13.8 Å². The summed E-state index contributed by atoms with van der Waals surface area (Å²) in [5.41, 5.74) is 8.96. The SMILES string of the molecule is Cc1cccc(N)c1C.c1ccncc1. The Morgan fingerprint density at radius 2 is 1.60 bits per heavy atom. The van der Waals surface area contributed by atoms with Crippen LogP contribution in [0.5, 0.6) is 0 Å². The van der Waals surface area contributed by atoms with E-state index >= 15 is 0 Å². The average molecular weight is 200 g/mol. The van der Waals surface area contributed by atoms with Gasteiger partial charge >= 0.3 is 0 Å². The van der Waals surface area contributed by atoms with Crippen LogP contribution in [-0.4, -0.2) is 4.98 Å². The van der Waals surface area contributed by atoms with Crippen LogP contribution >= 0.6 is 0 Å². The number of hydrogen-bond acceptors (Lipinski definition) is 2. The molecule has 0 aliphatic heterocycles. The standard InChI is InChI=1S/C8H11N.C5H5N/c1-6-4-3-5-8(9)7(6)2;1-2-4-6-5-3-1/h3-5H,9H2,1-2H3;1-5H. The second-order valence-electron chi connectivity index (χ2n) is 3.31. The number of nitrogen functional groups attached to an aromatic ring is 1. The number of anilines is 1. The minimum absolute atomic E-state index is 0.884. The van der Waals surface area contributed by atoms with Crippen molar-refractivity contribution < 1.29 is 0 Å². The molecule has 0 saturated carbocycles. The van der Waals surface area contributed by atoms with Crippen LogP contribution in [0.2, 0.25) is 0 Å². The fraction of sp³-hybridized carbons (Fsp3) is 0.154. The molecule has 2 rings (SSSR count). The van der Waals surface area contributed by atoms with E-state index in [-0.39, 0.29) is 0 Å². The number of hydrogen-bond donors (Lipinski definition) is 1. The lowest BCUT2D eigenvalue weighted by molar-refractivity contribution is 1.33. The van der Waals surface area contributed by atoms with Crippen molar-refractivity contribution in [1.29, 1.82) is 0 Å². The zero-order chi connectivity index (χ0) is 11.1. The first-order valence-electron chi connectivity index (χ1n) is 4.88. The van der Waals surface area contributed by atoms with Crippen molar-refractivity contribution in [1.82, 2.24) is 4.98 Å². The molecule has 0 atom stereocenters. The monoisotopic (exact) mass is 200 g/mol. The number of rotatable bonds is 0. The Balaban J connectivity index is 0.000000162. The van der Waals surface area contributed by atoms with Crippen molar-refractivity contribution in [3.63, 3.8) is 0 Å². The molecule has 0 amide bonds. The summed E-state index contributed by atoms with van der Waals surface area (Å²) in [7, 11) is 0. The van der Waals surface area contributed by atoms with Gasteiger partial charge < -0.3 is 5.73 Å². The lowest BCUT2D eigenvalue weighted by Crippen LogP contribution is -1.90. The van der Waals surface area contributed by atoms with E-state index in [1.807, 2.05) is 37.3 Å². The molecule has 2 aromatic rings. The topological polar surface area (TPSA) is 38.9 Å². The summed E-state index contributed by atoms with van der Waals surface area (Å²) < 4.78 is 0. The van der Waals surface area contributed by atoms with Gasteiger partial charge in [-0.15, -0.1) is 0 Å². The number of pyridine rings is 1. The second-order valence-corrected chi connectivity index (χ2v) is 3.31. The molecule has 0 bridgehead atoms. The van der Waals surface area contributed by atoms with E-state index in [0.29, 0.717) is 0 Å². The summed E-state index contributed by atoms with van der Waals surface area (Å²) in [6.45, 7) is 4.09. The van der Waals surface area contributed by atoms with E-state index in [1.165, 1.54) is 11.1 Å². The van der Waals surface area contributed by atoms with Crippen LogP contribution in [-0.2, 0) is 0 Å². The first-order chi connectivity index (χ1) is 7.22. The molecule has 15 heavy (non-hydrogen) atoms. The Kier molecular flexibility index (Phi) is 4.35. The highest BCUT2D eigenvalue weighted by Crippen LogP contribution is 2.13.